The molecular weight excluding hydrogens is 226 g/mol. The van der Waals surface area contributed by atoms with Gasteiger partial charge in [-0.25, -0.2) is 0 Å². The molecule has 0 fully saturated rings. The molecule has 4 nitrogen and oxygen atoms in total. The van der Waals surface area contributed by atoms with E-state index in [4.69, 9.17) is 5.73 Å². The van der Waals surface area contributed by atoms with Crippen LogP contribution in [0.5, 0.6) is 0 Å². The third-order valence-electron chi connectivity index (χ3n) is 2.98. The molecule has 1 aromatic rings. The zero-order valence-electron chi connectivity index (χ0n) is 11.3. The number of anilines is 1. The van der Waals surface area contributed by atoms with Gasteiger partial charge in [0.1, 0.15) is 0 Å². The Kier molecular flexibility index (Phi) is 6.22. The van der Waals surface area contributed by atoms with Gasteiger partial charge in [-0.05, 0) is 31.5 Å². The van der Waals surface area contributed by atoms with Gasteiger partial charge in [-0.1, -0.05) is 18.2 Å². The minimum absolute atomic E-state index is 0.0707. The normalized spacial score (nSPS) is 10.2. The molecular formula is C14H23N3O. The van der Waals surface area contributed by atoms with Gasteiger partial charge in [-0.15, -0.1) is 0 Å². The Bertz CT molecular complexity index is 379. The second-order valence-corrected chi connectivity index (χ2v) is 4.34. The summed E-state index contributed by atoms with van der Waals surface area (Å²) in [6, 6.07) is 8.23. The summed E-state index contributed by atoms with van der Waals surface area (Å²) in [7, 11) is 1.67. The first kappa shape index (κ1) is 14.5. The van der Waals surface area contributed by atoms with E-state index in [9.17, 15) is 4.79 Å². The molecule has 0 aliphatic rings. The molecule has 0 spiro atoms. The van der Waals surface area contributed by atoms with Crippen LogP contribution in [0.4, 0.5) is 5.69 Å². The van der Waals surface area contributed by atoms with Crippen LogP contribution in [0.15, 0.2) is 24.3 Å². The van der Waals surface area contributed by atoms with Crippen LogP contribution < -0.4 is 16.0 Å². The first-order valence-electron chi connectivity index (χ1n) is 6.40. The van der Waals surface area contributed by atoms with E-state index in [1.807, 2.05) is 12.1 Å². The number of hydrogen-bond acceptors (Lipinski definition) is 3. The molecule has 18 heavy (non-hydrogen) atoms. The predicted molar refractivity (Wildman–Crippen MR) is 75.7 cm³/mol. The zero-order chi connectivity index (χ0) is 13.4. The molecule has 3 N–H and O–H groups in total. The van der Waals surface area contributed by atoms with Crippen LogP contribution in [0.3, 0.4) is 0 Å². The van der Waals surface area contributed by atoms with Gasteiger partial charge >= 0.3 is 0 Å². The molecule has 1 amide bonds. The molecule has 0 radical (unpaired) electrons. The van der Waals surface area contributed by atoms with Crippen LogP contribution in [0.1, 0.15) is 18.4 Å². The summed E-state index contributed by atoms with van der Waals surface area (Å²) in [6.45, 7) is 4.37. The van der Waals surface area contributed by atoms with E-state index in [2.05, 4.69) is 29.3 Å². The second-order valence-electron chi connectivity index (χ2n) is 4.34. The third-order valence-corrected chi connectivity index (χ3v) is 2.98. The van der Waals surface area contributed by atoms with E-state index in [0.29, 0.717) is 13.0 Å². The summed E-state index contributed by atoms with van der Waals surface area (Å²) in [6.07, 6.45) is 1.44. The van der Waals surface area contributed by atoms with Gasteiger partial charge < -0.3 is 16.0 Å². The highest BCUT2D eigenvalue weighted by molar-refractivity contribution is 5.76. The average Bonchev–Trinajstić information content (AvgIpc) is 2.39. The fourth-order valence-corrected chi connectivity index (χ4v) is 1.91. The third kappa shape index (κ3) is 4.37. The first-order chi connectivity index (χ1) is 8.69. The molecule has 0 atom stereocenters. The molecule has 0 aliphatic carbocycles. The monoisotopic (exact) mass is 249 g/mol. The molecule has 0 saturated heterocycles. The van der Waals surface area contributed by atoms with Gasteiger partial charge in [-0.3, -0.25) is 4.79 Å². The summed E-state index contributed by atoms with van der Waals surface area (Å²) in [5.74, 6) is 0.0707. The molecule has 100 valence electrons. The van der Waals surface area contributed by atoms with E-state index in [-0.39, 0.29) is 5.91 Å². The quantitative estimate of drug-likeness (QED) is 0.765. The zero-order valence-corrected chi connectivity index (χ0v) is 11.3. The Balaban J connectivity index is 2.71. The number of carbonyl (C=O) groups excluding carboxylic acids is 1. The van der Waals surface area contributed by atoms with Gasteiger partial charge in [0, 0.05) is 32.2 Å². The highest BCUT2D eigenvalue weighted by Gasteiger charge is 2.10. The van der Waals surface area contributed by atoms with Crippen molar-refractivity contribution in [1.82, 2.24) is 5.32 Å². The fraction of sp³-hybridized carbons (Fsp3) is 0.500. The highest BCUT2D eigenvalue weighted by atomic mass is 16.1. The topological polar surface area (TPSA) is 58.4 Å². The molecule has 1 aromatic carbocycles. The van der Waals surface area contributed by atoms with Crippen molar-refractivity contribution in [3.63, 3.8) is 0 Å². The van der Waals surface area contributed by atoms with E-state index >= 15 is 0 Å². The van der Waals surface area contributed by atoms with Gasteiger partial charge in [0.2, 0.25) is 5.91 Å². The summed E-state index contributed by atoms with van der Waals surface area (Å²) >= 11 is 0. The molecule has 0 bridgehead atoms. The maximum atomic E-state index is 11.3. The predicted octanol–water partition coefficient (Wildman–Crippen LogP) is 1.29. The number of aryl methyl sites for hydroxylation is 1. The Labute approximate surface area is 109 Å². The number of para-hydroxylation sites is 1. The van der Waals surface area contributed by atoms with Crippen molar-refractivity contribution in [2.24, 2.45) is 5.73 Å². The minimum Gasteiger partial charge on any atom is -0.371 e. The van der Waals surface area contributed by atoms with Crippen molar-refractivity contribution in [3.05, 3.63) is 29.8 Å². The van der Waals surface area contributed by atoms with Crippen LogP contribution >= 0.6 is 0 Å². The number of nitrogens with two attached hydrogens (primary N) is 1. The van der Waals surface area contributed by atoms with Gasteiger partial charge in [0.15, 0.2) is 0 Å². The van der Waals surface area contributed by atoms with Crippen LogP contribution in [0, 0.1) is 6.92 Å². The molecule has 0 heterocycles. The smallest absolute Gasteiger partial charge is 0.221 e. The van der Waals surface area contributed by atoms with Crippen molar-refractivity contribution in [3.8, 4) is 0 Å². The number of benzene rings is 1. The van der Waals surface area contributed by atoms with Crippen molar-refractivity contribution in [1.29, 1.82) is 0 Å². The van der Waals surface area contributed by atoms with E-state index in [0.717, 1.165) is 19.5 Å². The summed E-state index contributed by atoms with van der Waals surface area (Å²) in [5.41, 5.74) is 7.99. The Morgan fingerprint density at radius 1 is 1.33 bits per heavy atom. The van der Waals surface area contributed by atoms with Gasteiger partial charge in [0.05, 0.1) is 0 Å². The lowest BCUT2D eigenvalue weighted by atomic mass is 10.1. The Morgan fingerprint density at radius 3 is 2.67 bits per heavy atom. The molecule has 1 rings (SSSR count). The van der Waals surface area contributed by atoms with Crippen LogP contribution in [0.25, 0.3) is 0 Å². The lowest BCUT2D eigenvalue weighted by molar-refractivity contribution is -0.120. The summed E-state index contributed by atoms with van der Waals surface area (Å²) in [4.78, 5) is 13.6. The SMILES string of the molecule is CNC(=O)CCN(CCCN)c1ccccc1C. The minimum atomic E-state index is 0.0707. The largest absolute Gasteiger partial charge is 0.371 e. The fourth-order valence-electron chi connectivity index (χ4n) is 1.91. The van der Waals surface area contributed by atoms with Crippen LogP contribution in [-0.2, 0) is 4.79 Å². The number of amides is 1. The highest BCUT2D eigenvalue weighted by Crippen LogP contribution is 2.19. The standard InChI is InChI=1S/C14H23N3O/c1-12-6-3-4-7-13(12)17(10-5-9-15)11-8-14(18)16-2/h3-4,6-7H,5,8-11,15H2,1-2H3,(H,16,18). The molecule has 0 aliphatic heterocycles. The van der Waals surface area contributed by atoms with E-state index < -0.39 is 0 Å². The molecule has 4 heteroatoms. The Hall–Kier alpha value is -1.55. The molecule has 0 unspecified atom stereocenters. The van der Waals surface area contributed by atoms with Gasteiger partial charge in [0.25, 0.3) is 0 Å². The molecule has 0 saturated carbocycles. The van der Waals surface area contributed by atoms with Crippen LogP contribution in [-0.4, -0.2) is 32.6 Å². The maximum absolute atomic E-state index is 11.3. The lowest BCUT2D eigenvalue weighted by Gasteiger charge is -2.26. The van der Waals surface area contributed by atoms with Crippen molar-refractivity contribution < 1.29 is 4.79 Å². The van der Waals surface area contributed by atoms with Crippen molar-refractivity contribution >= 4 is 11.6 Å². The summed E-state index contributed by atoms with van der Waals surface area (Å²) in [5, 5.41) is 2.65. The van der Waals surface area contributed by atoms with E-state index in [1.54, 1.807) is 7.05 Å². The Morgan fingerprint density at radius 2 is 2.06 bits per heavy atom. The maximum Gasteiger partial charge on any atom is 0.221 e. The van der Waals surface area contributed by atoms with Crippen molar-refractivity contribution in [2.45, 2.75) is 19.8 Å². The lowest BCUT2D eigenvalue weighted by Crippen LogP contribution is -2.31. The average molecular weight is 249 g/mol. The number of rotatable bonds is 7. The van der Waals surface area contributed by atoms with Crippen LogP contribution in [0.2, 0.25) is 0 Å². The molecule has 0 aromatic heterocycles. The number of carbonyl (C=O) groups is 1. The van der Waals surface area contributed by atoms with E-state index in [1.165, 1.54) is 11.3 Å². The number of nitrogens with zero attached hydrogens (tertiary/aromatic N) is 1. The second kappa shape index (κ2) is 7.71. The first-order valence-corrected chi connectivity index (χ1v) is 6.40. The number of nitrogens with one attached hydrogen (secondary N) is 1. The van der Waals surface area contributed by atoms with Crippen molar-refractivity contribution in [2.75, 3.05) is 31.6 Å². The summed E-state index contributed by atoms with van der Waals surface area (Å²) < 4.78 is 0. The number of hydrogen-bond donors (Lipinski definition) is 2. The van der Waals surface area contributed by atoms with Gasteiger partial charge in [-0.2, -0.15) is 0 Å².